The van der Waals surface area contributed by atoms with E-state index in [0.717, 1.165) is 70.7 Å². The molecule has 2 aliphatic carbocycles. The maximum absolute atomic E-state index is 14.0. The van der Waals surface area contributed by atoms with Gasteiger partial charge in [0, 0.05) is 30.1 Å². The Kier molecular flexibility index (Phi) is 9.35. The van der Waals surface area contributed by atoms with Crippen LogP contribution in [0.3, 0.4) is 0 Å². The molecule has 0 unspecified atom stereocenters. The van der Waals surface area contributed by atoms with E-state index >= 15 is 0 Å². The minimum Gasteiger partial charge on any atom is -0.495 e. The number of ether oxygens (including phenoxy) is 1. The summed E-state index contributed by atoms with van der Waals surface area (Å²) in [7, 11) is 3.52. The van der Waals surface area contributed by atoms with Gasteiger partial charge in [-0.3, -0.25) is 9.59 Å². The number of carbonyl (C=O) groups is 2. The van der Waals surface area contributed by atoms with Crippen molar-refractivity contribution in [1.82, 2.24) is 20.2 Å². The first kappa shape index (κ1) is 30.3. The second kappa shape index (κ2) is 13.0. The molecule has 0 bridgehead atoms. The number of ketones is 1. The first-order valence-electron chi connectivity index (χ1n) is 15.0. The summed E-state index contributed by atoms with van der Waals surface area (Å²) in [6.07, 6.45) is 4.01. The van der Waals surface area contributed by atoms with Gasteiger partial charge < -0.3 is 20.3 Å². The van der Waals surface area contributed by atoms with Gasteiger partial charge in [-0.2, -0.15) is 13.2 Å². The number of aromatic nitrogens is 2. The highest BCUT2D eigenvalue weighted by Gasteiger charge is 2.38. The van der Waals surface area contributed by atoms with Crippen LogP contribution in [0.2, 0.25) is 0 Å². The lowest BCUT2D eigenvalue weighted by atomic mass is 9.74. The van der Waals surface area contributed by atoms with Crippen LogP contribution in [0.1, 0.15) is 79.4 Å². The number of methoxy groups -OCH3 is 1. The number of hydrogen-bond acceptors (Lipinski definition) is 7. The lowest BCUT2D eigenvalue weighted by Gasteiger charge is -2.31. The summed E-state index contributed by atoms with van der Waals surface area (Å²) in [6.45, 7) is 1.85. The van der Waals surface area contributed by atoms with E-state index in [4.69, 9.17) is 4.74 Å². The van der Waals surface area contributed by atoms with Gasteiger partial charge in [0.2, 0.25) is 5.95 Å². The van der Waals surface area contributed by atoms with Crippen LogP contribution in [0.5, 0.6) is 5.75 Å². The van der Waals surface area contributed by atoms with Crippen molar-refractivity contribution in [3.8, 4) is 5.75 Å². The molecule has 8 nitrogen and oxygen atoms in total. The predicted molar refractivity (Wildman–Crippen MR) is 153 cm³/mol. The van der Waals surface area contributed by atoms with Crippen LogP contribution in [0.15, 0.2) is 24.4 Å². The molecule has 1 saturated heterocycles. The van der Waals surface area contributed by atoms with Gasteiger partial charge in [-0.25, -0.2) is 9.97 Å². The number of Topliss-reactive ketones (excluding diaryl/α,β-unsaturated/α-hetero) is 1. The Bertz CT molecular complexity index is 1270. The quantitative estimate of drug-likeness (QED) is 0.363. The fourth-order valence-electron chi connectivity index (χ4n) is 6.25. The average Bonchev–Trinajstić information content (AvgIpc) is 3.81. The van der Waals surface area contributed by atoms with Gasteiger partial charge in [-0.15, -0.1) is 0 Å². The predicted octanol–water partition coefficient (Wildman–Crippen LogP) is 5.79. The molecule has 2 atom stereocenters. The summed E-state index contributed by atoms with van der Waals surface area (Å²) < 4.78 is 47.5. The Labute approximate surface area is 244 Å². The zero-order chi connectivity index (χ0) is 29.9. The van der Waals surface area contributed by atoms with E-state index in [1.807, 2.05) is 0 Å². The number of likely N-dealkylation sites (tertiary alicyclic amines) is 1. The van der Waals surface area contributed by atoms with Crippen LogP contribution in [-0.2, 0) is 17.4 Å². The van der Waals surface area contributed by atoms with Gasteiger partial charge in [-0.05, 0) is 95.1 Å². The molecule has 2 aromatic rings. The van der Waals surface area contributed by atoms with Crippen molar-refractivity contribution >= 4 is 23.3 Å². The molecular formula is C31H40F3N5O3. The number of piperidine rings is 1. The monoisotopic (exact) mass is 587 g/mol. The number of nitrogens with zero attached hydrogens (tertiary/aromatic N) is 3. The van der Waals surface area contributed by atoms with Crippen LogP contribution >= 0.6 is 0 Å². The van der Waals surface area contributed by atoms with Crippen LogP contribution in [0.4, 0.5) is 24.8 Å². The van der Waals surface area contributed by atoms with E-state index in [1.54, 1.807) is 18.2 Å². The first-order chi connectivity index (χ1) is 20.1. The summed E-state index contributed by atoms with van der Waals surface area (Å²) in [5.74, 6) is 0.598. The zero-order valence-electron chi connectivity index (χ0n) is 24.3. The van der Waals surface area contributed by atoms with Crippen molar-refractivity contribution in [3.63, 3.8) is 0 Å². The highest BCUT2D eigenvalue weighted by molar-refractivity contribution is 5.95. The molecule has 3 fully saturated rings. The molecule has 0 radical (unpaired) electrons. The largest absolute Gasteiger partial charge is 0.495 e. The second-order valence-corrected chi connectivity index (χ2v) is 12.1. The average molecular weight is 588 g/mol. The van der Waals surface area contributed by atoms with E-state index in [-0.39, 0.29) is 53.5 Å². The topological polar surface area (TPSA) is 96.5 Å². The van der Waals surface area contributed by atoms with E-state index in [9.17, 15) is 22.8 Å². The smallest absolute Gasteiger partial charge is 0.419 e. The van der Waals surface area contributed by atoms with Crippen LogP contribution in [0, 0.1) is 17.8 Å². The molecule has 5 rings (SSSR count). The van der Waals surface area contributed by atoms with Crippen LogP contribution in [-0.4, -0.2) is 59.8 Å². The van der Waals surface area contributed by atoms with Crippen LogP contribution < -0.4 is 15.4 Å². The first-order valence-corrected chi connectivity index (χ1v) is 15.0. The SMILES string of the molecule is COc1cc(C(=O)NC2CCN(C)CC2)ccc1Nc1ncc(C(F)(F)F)c(C[C@@H]2CCCC[C@H]2CC(=O)C2CC2)n1. The molecule has 2 saturated carbocycles. The molecule has 11 heteroatoms. The van der Waals surface area contributed by atoms with Gasteiger partial charge in [-0.1, -0.05) is 12.8 Å². The molecule has 1 aromatic heterocycles. The van der Waals surface area contributed by atoms with Gasteiger partial charge in [0.05, 0.1) is 24.1 Å². The molecule has 3 aliphatic rings. The van der Waals surface area contributed by atoms with Crippen molar-refractivity contribution in [2.24, 2.45) is 17.8 Å². The molecule has 1 aliphatic heterocycles. The van der Waals surface area contributed by atoms with Gasteiger partial charge >= 0.3 is 6.18 Å². The van der Waals surface area contributed by atoms with Crippen LogP contribution in [0.25, 0.3) is 0 Å². The third-order valence-electron chi connectivity index (χ3n) is 8.96. The fourth-order valence-corrected chi connectivity index (χ4v) is 6.25. The van der Waals surface area contributed by atoms with Crippen molar-refractivity contribution < 1.29 is 27.5 Å². The normalized spacial score (nSPS) is 22.0. The Morgan fingerprint density at radius 3 is 2.43 bits per heavy atom. The number of halogens is 3. The Hall–Kier alpha value is -3.21. The summed E-state index contributed by atoms with van der Waals surface area (Å²) in [5.41, 5.74) is -0.0540. The summed E-state index contributed by atoms with van der Waals surface area (Å²) in [4.78, 5) is 36.0. The van der Waals surface area contributed by atoms with Gasteiger partial charge in [0.1, 0.15) is 11.5 Å². The van der Waals surface area contributed by atoms with E-state index < -0.39 is 11.7 Å². The second-order valence-electron chi connectivity index (χ2n) is 12.1. The van der Waals surface area contributed by atoms with Crippen molar-refractivity contribution in [3.05, 3.63) is 41.2 Å². The van der Waals surface area contributed by atoms with Crippen molar-refractivity contribution in [1.29, 1.82) is 0 Å². The molecule has 2 N–H and O–H groups in total. The molecular weight excluding hydrogens is 547 g/mol. The number of carbonyl (C=O) groups excluding carboxylic acids is 2. The Balaban J connectivity index is 1.32. The third kappa shape index (κ3) is 7.59. The highest BCUT2D eigenvalue weighted by Crippen LogP contribution is 2.41. The number of hydrogen-bond donors (Lipinski definition) is 2. The van der Waals surface area contributed by atoms with E-state index in [0.29, 0.717) is 23.4 Å². The number of benzene rings is 1. The molecule has 42 heavy (non-hydrogen) atoms. The lowest BCUT2D eigenvalue weighted by Crippen LogP contribution is -2.43. The number of alkyl halides is 3. The molecule has 1 aromatic carbocycles. The number of amides is 1. The Morgan fingerprint density at radius 1 is 1.05 bits per heavy atom. The van der Waals surface area contributed by atoms with Crippen molar-refractivity contribution in [2.75, 3.05) is 32.6 Å². The summed E-state index contributed by atoms with van der Waals surface area (Å²) >= 11 is 0. The molecule has 0 spiro atoms. The number of anilines is 2. The Morgan fingerprint density at radius 2 is 1.76 bits per heavy atom. The maximum atomic E-state index is 14.0. The lowest BCUT2D eigenvalue weighted by molar-refractivity contribution is -0.139. The van der Waals surface area contributed by atoms with Gasteiger partial charge in [0.15, 0.2) is 0 Å². The summed E-state index contributed by atoms with van der Waals surface area (Å²) in [6, 6.07) is 4.99. The van der Waals surface area contributed by atoms with E-state index in [1.165, 1.54) is 7.11 Å². The molecule has 2 heterocycles. The maximum Gasteiger partial charge on any atom is 0.419 e. The summed E-state index contributed by atoms with van der Waals surface area (Å²) in [5, 5.41) is 6.07. The fraction of sp³-hybridized carbons (Fsp3) is 0.613. The molecule has 1 amide bonds. The third-order valence-corrected chi connectivity index (χ3v) is 8.96. The number of rotatable bonds is 10. The van der Waals surface area contributed by atoms with E-state index in [2.05, 4.69) is 32.5 Å². The molecule has 228 valence electrons. The zero-order valence-corrected chi connectivity index (χ0v) is 24.3. The minimum atomic E-state index is -4.59. The minimum absolute atomic E-state index is 0.0150. The standard InChI is InChI=1S/C31H40F3N5O3/c1-39-13-11-23(12-14-39)36-29(41)22-9-10-25(28(17-22)42-2)37-30-35-18-24(31(32,33)34)26(38-30)15-20-5-3-4-6-21(20)16-27(40)19-7-8-19/h9-10,17-21,23H,3-8,11-16H2,1-2H3,(H,36,41)(H,35,37,38)/t20-,21-/m0/s1. The number of nitrogens with one attached hydrogen (secondary N) is 2. The highest BCUT2D eigenvalue weighted by atomic mass is 19.4. The van der Waals surface area contributed by atoms with Crippen molar-refractivity contribution in [2.45, 2.75) is 76.4 Å². The van der Waals surface area contributed by atoms with Gasteiger partial charge in [0.25, 0.3) is 5.91 Å².